The Hall–Kier alpha value is -1.88. The fourth-order valence-corrected chi connectivity index (χ4v) is 2.22. The first-order valence-electron chi connectivity index (χ1n) is 6.05. The molecule has 1 amide bonds. The highest BCUT2D eigenvalue weighted by Crippen LogP contribution is 2.17. The molecule has 0 aliphatic rings. The Labute approximate surface area is 125 Å². The maximum Gasteiger partial charge on any atom is 0.253 e. The molecule has 5 heteroatoms. The standard InChI is InChI=1S/C15H14BrFN2O/c1-9-2-5-14(18)12(6-9)15(20)19-8-10-7-11(16)3-4-13(10)17/h2-7H,8,18H2,1H3,(H,19,20). The number of halogens is 2. The number of nitrogen functional groups attached to an aromatic ring is 1. The highest BCUT2D eigenvalue weighted by Gasteiger charge is 2.11. The number of amides is 1. The highest BCUT2D eigenvalue weighted by atomic mass is 79.9. The van der Waals surface area contributed by atoms with Gasteiger partial charge in [-0.05, 0) is 37.3 Å². The lowest BCUT2D eigenvalue weighted by Gasteiger charge is -2.09. The summed E-state index contributed by atoms with van der Waals surface area (Å²) in [6.45, 7) is 1.99. The van der Waals surface area contributed by atoms with Crippen LogP contribution in [0.3, 0.4) is 0 Å². The molecule has 0 radical (unpaired) electrons. The average Bonchev–Trinajstić information content (AvgIpc) is 2.42. The van der Waals surface area contributed by atoms with E-state index in [0.717, 1.165) is 10.0 Å². The van der Waals surface area contributed by atoms with Crippen LogP contribution in [0.5, 0.6) is 0 Å². The van der Waals surface area contributed by atoms with Gasteiger partial charge in [-0.25, -0.2) is 4.39 Å². The smallest absolute Gasteiger partial charge is 0.253 e. The zero-order chi connectivity index (χ0) is 14.7. The van der Waals surface area contributed by atoms with E-state index in [4.69, 9.17) is 5.73 Å². The number of nitrogens with one attached hydrogen (secondary N) is 1. The lowest BCUT2D eigenvalue weighted by atomic mass is 10.1. The third-order valence-electron chi connectivity index (χ3n) is 2.90. The summed E-state index contributed by atoms with van der Waals surface area (Å²) in [5.41, 5.74) is 7.94. The predicted octanol–water partition coefficient (Wildman–Crippen LogP) is 3.41. The van der Waals surface area contributed by atoms with E-state index in [1.54, 1.807) is 24.3 Å². The minimum atomic E-state index is -0.356. The quantitative estimate of drug-likeness (QED) is 0.844. The maximum atomic E-state index is 13.6. The molecule has 2 rings (SSSR count). The van der Waals surface area contributed by atoms with E-state index >= 15 is 0 Å². The van der Waals surface area contributed by atoms with E-state index < -0.39 is 0 Å². The summed E-state index contributed by atoms with van der Waals surface area (Å²) in [7, 11) is 0. The number of rotatable bonds is 3. The van der Waals surface area contributed by atoms with Gasteiger partial charge in [0.25, 0.3) is 5.91 Å². The number of hydrogen-bond donors (Lipinski definition) is 2. The predicted molar refractivity (Wildman–Crippen MR) is 80.9 cm³/mol. The van der Waals surface area contributed by atoms with Crippen LogP contribution in [0.4, 0.5) is 10.1 Å². The molecule has 3 nitrogen and oxygen atoms in total. The second-order valence-corrected chi connectivity index (χ2v) is 5.42. The van der Waals surface area contributed by atoms with Gasteiger partial charge >= 0.3 is 0 Å². The van der Waals surface area contributed by atoms with Crippen molar-refractivity contribution in [1.29, 1.82) is 0 Å². The average molecular weight is 337 g/mol. The molecular formula is C15H14BrFN2O. The normalized spacial score (nSPS) is 10.3. The Balaban J connectivity index is 2.12. The van der Waals surface area contributed by atoms with Crippen molar-refractivity contribution < 1.29 is 9.18 Å². The van der Waals surface area contributed by atoms with Crippen LogP contribution in [-0.2, 0) is 6.54 Å². The summed E-state index contributed by atoms with van der Waals surface area (Å²) in [6.07, 6.45) is 0. The second kappa shape index (κ2) is 6.05. The Morgan fingerprint density at radius 2 is 2.05 bits per heavy atom. The fourth-order valence-electron chi connectivity index (χ4n) is 1.82. The van der Waals surface area contributed by atoms with Crippen molar-refractivity contribution in [2.45, 2.75) is 13.5 Å². The molecule has 0 atom stereocenters. The van der Waals surface area contributed by atoms with Gasteiger partial charge in [-0.1, -0.05) is 27.6 Å². The van der Waals surface area contributed by atoms with Crippen molar-refractivity contribution in [3.8, 4) is 0 Å². The van der Waals surface area contributed by atoms with Gasteiger partial charge in [-0.3, -0.25) is 4.79 Å². The molecule has 0 heterocycles. The van der Waals surface area contributed by atoms with Crippen LogP contribution >= 0.6 is 15.9 Å². The van der Waals surface area contributed by atoms with Crippen LogP contribution < -0.4 is 11.1 Å². The number of anilines is 1. The topological polar surface area (TPSA) is 55.1 Å². The third-order valence-corrected chi connectivity index (χ3v) is 3.39. The number of hydrogen-bond acceptors (Lipinski definition) is 2. The van der Waals surface area contributed by atoms with Crippen molar-refractivity contribution in [2.75, 3.05) is 5.73 Å². The molecule has 0 unspecified atom stereocenters. The molecule has 2 aromatic carbocycles. The van der Waals surface area contributed by atoms with Crippen molar-refractivity contribution in [3.63, 3.8) is 0 Å². The van der Waals surface area contributed by atoms with Crippen LogP contribution in [0.1, 0.15) is 21.5 Å². The first kappa shape index (κ1) is 14.5. The molecular weight excluding hydrogens is 323 g/mol. The second-order valence-electron chi connectivity index (χ2n) is 4.51. The van der Waals surface area contributed by atoms with Gasteiger partial charge in [0.2, 0.25) is 0 Å². The summed E-state index contributed by atoms with van der Waals surface area (Å²) in [4.78, 5) is 12.1. The van der Waals surface area contributed by atoms with Crippen LogP contribution in [0, 0.1) is 12.7 Å². The summed E-state index contributed by atoms with van der Waals surface area (Å²) in [6, 6.07) is 9.83. The van der Waals surface area contributed by atoms with Gasteiger partial charge < -0.3 is 11.1 Å². The number of benzene rings is 2. The Kier molecular flexibility index (Phi) is 4.39. The molecule has 0 saturated heterocycles. The zero-order valence-electron chi connectivity index (χ0n) is 10.9. The van der Waals surface area contributed by atoms with Crippen LogP contribution in [-0.4, -0.2) is 5.91 Å². The molecule has 104 valence electrons. The molecule has 0 saturated carbocycles. The maximum absolute atomic E-state index is 13.6. The lowest BCUT2D eigenvalue weighted by Crippen LogP contribution is -2.24. The van der Waals surface area contributed by atoms with E-state index in [2.05, 4.69) is 21.2 Å². The SMILES string of the molecule is Cc1ccc(N)c(C(=O)NCc2cc(Br)ccc2F)c1. The van der Waals surface area contributed by atoms with E-state index in [-0.39, 0.29) is 18.3 Å². The van der Waals surface area contributed by atoms with Gasteiger partial charge in [0.05, 0.1) is 5.56 Å². The van der Waals surface area contributed by atoms with Crippen molar-refractivity contribution in [2.24, 2.45) is 0 Å². The molecule has 2 aromatic rings. The van der Waals surface area contributed by atoms with Crippen LogP contribution in [0.25, 0.3) is 0 Å². The van der Waals surface area contributed by atoms with E-state index in [0.29, 0.717) is 16.8 Å². The summed E-state index contributed by atoms with van der Waals surface area (Å²) >= 11 is 3.27. The van der Waals surface area contributed by atoms with Crippen LogP contribution in [0.15, 0.2) is 40.9 Å². The minimum absolute atomic E-state index is 0.109. The number of aryl methyl sites for hydroxylation is 1. The fraction of sp³-hybridized carbons (Fsp3) is 0.133. The van der Waals surface area contributed by atoms with Crippen molar-refractivity contribution in [3.05, 3.63) is 63.4 Å². The molecule has 3 N–H and O–H groups in total. The molecule has 20 heavy (non-hydrogen) atoms. The van der Waals surface area contributed by atoms with Crippen molar-refractivity contribution >= 4 is 27.5 Å². The zero-order valence-corrected chi connectivity index (χ0v) is 12.5. The number of carbonyl (C=O) groups excluding carboxylic acids is 1. The number of nitrogens with two attached hydrogens (primary N) is 1. The Bertz CT molecular complexity index is 658. The molecule has 0 aromatic heterocycles. The largest absolute Gasteiger partial charge is 0.398 e. The monoisotopic (exact) mass is 336 g/mol. The van der Waals surface area contributed by atoms with Crippen molar-refractivity contribution in [1.82, 2.24) is 5.32 Å². The highest BCUT2D eigenvalue weighted by molar-refractivity contribution is 9.10. The molecule has 0 bridgehead atoms. The first-order chi connectivity index (χ1) is 9.47. The van der Waals surface area contributed by atoms with Gasteiger partial charge in [-0.2, -0.15) is 0 Å². The lowest BCUT2D eigenvalue weighted by molar-refractivity contribution is 0.0951. The molecule has 0 aliphatic carbocycles. The van der Waals surface area contributed by atoms with Gasteiger partial charge in [0.1, 0.15) is 5.82 Å². The molecule has 0 spiro atoms. The van der Waals surface area contributed by atoms with Gasteiger partial charge in [0, 0.05) is 22.3 Å². The van der Waals surface area contributed by atoms with Gasteiger partial charge in [-0.15, -0.1) is 0 Å². The van der Waals surface area contributed by atoms with E-state index in [1.807, 2.05) is 13.0 Å². The van der Waals surface area contributed by atoms with E-state index in [9.17, 15) is 9.18 Å². The minimum Gasteiger partial charge on any atom is -0.398 e. The van der Waals surface area contributed by atoms with E-state index in [1.165, 1.54) is 6.07 Å². The number of carbonyl (C=O) groups is 1. The Morgan fingerprint density at radius 3 is 2.80 bits per heavy atom. The third kappa shape index (κ3) is 3.36. The molecule has 0 fully saturated rings. The summed E-state index contributed by atoms with van der Waals surface area (Å²) < 4.78 is 14.3. The summed E-state index contributed by atoms with van der Waals surface area (Å²) in [5.74, 6) is -0.670. The van der Waals surface area contributed by atoms with Gasteiger partial charge in [0.15, 0.2) is 0 Å². The summed E-state index contributed by atoms with van der Waals surface area (Å²) in [5, 5.41) is 2.67. The Morgan fingerprint density at radius 1 is 1.30 bits per heavy atom. The van der Waals surface area contributed by atoms with Crippen LogP contribution in [0.2, 0.25) is 0 Å². The first-order valence-corrected chi connectivity index (χ1v) is 6.85. The molecule has 0 aliphatic heterocycles.